The maximum Gasteiger partial charge on any atom is 0.253 e. The number of nitrogens with zero attached hydrogens (tertiary/aromatic N) is 1. The number of carbonyl (C=O) groups excluding carboxylic acids is 2. The number of hydrogen-bond acceptors (Lipinski definition) is 4. The summed E-state index contributed by atoms with van der Waals surface area (Å²) >= 11 is 0. The molecule has 2 amide bonds. The van der Waals surface area contributed by atoms with Gasteiger partial charge in [-0.1, -0.05) is 0 Å². The Kier molecular flexibility index (Phi) is 6.06. The van der Waals surface area contributed by atoms with Crippen molar-refractivity contribution in [3.05, 3.63) is 30.1 Å². The van der Waals surface area contributed by atoms with E-state index in [0.717, 1.165) is 6.54 Å². The summed E-state index contributed by atoms with van der Waals surface area (Å²) < 4.78 is 18.3. The van der Waals surface area contributed by atoms with Crippen molar-refractivity contribution in [2.45, 2.75) is 26.0 Å². The number of amides is 2. The van der Waals surface area contributed by atoms with Crippen LogP contribution in [-0.4, -0.2) is 55.1 Å². The first-order chi connectivity index (χ1) is 11.0. The minimum atomic E-state index is -0.565. The van der Waals surface area contributed by atoms with Crippen molar-refractivity contribution < 1.29 is 18.7 Å². The molecule has 7 heteroatoms. The largest absolute Gasteiger partial charge is 0.366 e. The first-order valence-corrected chi connectivity index (χ1v) is 7.65. The molecule has 1 heterocycles. The van der Waals surface area contributed by atoms with Crippen molar-refractivity contribution in [3.63, 3.8) is 0 Å². The number of ether oxygens (including phenoxy) is 1. The second-order valence-electron chi connectivity index (χ2n) is 5.68. The van der Waals surface area contributed by atoms with Crippen LogP contribution >= 0.6 is 0 Å². The number of hydrogen-bond donors (Lipinski definition) is 2. The molecule has 1 saturated heterocycles. The van der Waals surface area contributed by atoms with Crippen LogP contribution in [0.5, 0.6) is 0 Å². The van der Waals surface area contributed by atoms with E-state index in [-0.39, 0.29) is 30.2 Å². The molecular weight excluding hydrogens is 301 g/mol. The van der Waals surface area contributed by atoms with Gasteiger partial charge in [0.15, 0.2) is 0 Å². The Balaban J connectivity index is 1.96. The molecule has 1 aromatic carbocycles. The molecule has 0 saturated carbocycles. The van der Waals surface area contributed by atoms with Crippen LogP contribution in [0.1, 0.15) is 13.8 Å². The van der Waals surface area contributed by atoms with E-state index in [4.69, 9.17) is 4.74 Å². The molecule has 0 spiro atoms. The molecule has 1 aromatic rings. The predicted molar refractivity (Wildman–Crippen MR) is 84.5 cm³/mol. The molecule has 1 aliphatic rings. The van der Waals surface area contributed by atoms with Crippen molar-refractivity contribution in [2.24, 2.45) is 0 Å². The van der Waals surface area contributed by atoms with E-state index in [1.807, 2.05) is 13.8 Å². The monoisotopic (exact) mass is 323 g/mol. The van der Waals surface area contributed by atoms with Gasteiger partial charge in [0.05, 0.1) is 6.61 Å². The maximum atomic E-state index is 12.9. The van der Waals surface area contributed by atoms with E-state index in [0.29, 0.717) is 18.8 Å². The van der Waals surface area contributed by atoms with Gasteiger partial charge < -0.3 is 20.3 Å². The zero-order valence-electron chi connectivity index (χ0n) is 13.3. The number of morpholine rings is 1. The summed E-state index contributed by atoms with van der Waals surface area (Å²) in [5.74, 6) is -0.909. The Bertz CT molecular complexity index is 542. The molecule has 0 bridgehead atoms. The van der Waals surface area contributed by atoms with Crippen LogP contribution in [0, 0.1) is 5.82 Å². The number of nitrogens with one attached hydrogen (secondary N) is 2. The van der Waals surface area contributed by atoms with Gasteiger partial charge in [-0.15, -0.1) is 0 Å². The van der Waals surface area contributed by atoms with E-state index in [9.17, 15) is 14.0 Å². The van der Waals surface area contributed by atoms with Gasteiger partial charge in [0, 0.05) is 24.8 Å². The topological polar surface area (TPSA) is 70.7 Å². The minimum Gasteiger partial charge on any atom is -0.366 e. The molecule has 1 atom stereocenters. The highest BCUT2D eigenvalue weighted by atomic mass is 19.1. The fourth-order valence-corrected chi connectivity index (χ4v) is 2.31. The van der Waals surface area contributed by atoms with Crippen LogP contribution in [-0.2, 0) is 14.3 Å². The number of rotatable bonds is 5. The van der Waals surface area contributed by atoms with Gasteiger partial charge in [-0.3, -0.25) is 9.59 Å². The normalized spacial score (nSPS) is 17.8. The van der Waals surface area contributed by atoms with Gasteiger partial charge in [-0.05, 0) is 38.1 Å². The Morgan fingerprint density at radius 2 is 2.09 bits per heavy atom. The fraction of sp³-hybridized carbons (Fsp3) is 0.500. The van der Waals surface area contributed by atoms with Gasteiger partial charge >= 0.3 is 0 Å². The predicted octanol–water partition coefficient (Wildman–Crippen LogP) is 0.990. The van der Waals surface area contributed by atoms with Crippen molar-refractivity contribution in [1.29, 1.82) is 0 Å². The van der Waals surface area contributed by atoms with Crippen LogP contribution in [0.4, 0.5) is 10.1 Å². The van der Waals surface area contributed by atoms with Gasteiger partial charge in [0.2, 0.25) is 5.91 Å². The second-order valence-corrected chi connectivity index (χ2v) is 5.68. The van der Waals surface area contributed by atoms with Crippen molar-refractivity contribution >= 4 is 17.5 Å². The lowest BCUT2D eigenvalue weighted by molar-refractivity contribution is -0.148. The average Bonchev–Trinajstić information content (AvgIpc) is 2.55. The standard InChI is InChI=1S/C16H22FN3O3/c1-11(2)20(16(22)14-9-18-7-8-23-14)10-15(21)19-13-5-3-12(17)4-6-13/h3-6,11,14,18H,7-10H2,1-2H3,(H,19,21). The van der Waals surface area contributed by atoms with E-state index in [2.05, 4.69) is 10.6 Å². The summed E-state index contributed by atoms with van der Waals surface area (Å²) in [6.07, 6.45) is -0.565. The van der Waals surface area contributed by atoms with Crippen LogP contribution in [0.3, 0.4) is 0 Å². The summed E-state index contributed by atoms with van der Waals surface area (Å²) in [5.41, 5.74) is 0.489. The van der Waals surface area contributed by atoms with E-state index < -0.39 is 6.10 Å². The van der Waals surface area contributed by atoms with E-state index >= 15 is 0 Å². The lowest BCUT2D eigenvalue weighted by atomic mass is 10.2. The molecule has 2 N–H and O–H groups in total. The molecule has 6 nitrogen and oxygen atoms in total. The number of benzene rings is 1. The van der Waals surface area contributed by atoms with Gasteiger partial charge in [-0.2, -0.15) is 0 Å². The fourth-order valence-electron chi connectivity index (χ4n) is 2.31. The molecule has 1 fully saturated rings. The van der Waals surface area contributed by atoms with Crippen molar-refractivity contribution in [2.75, 3.05) is 31.6 Å². The summed E-state index contributed by atoms with van der Waals surface area (Å²) in [7, 11) is 0. The lowest BCUT2D eigenvalue weighted by Gasteiger charge is -2.32. The molecule has 0 radical (unpaired) electrons. The first-order valence-electron chi connectivity index (χ1n) is 7.65. The smallest absolute Gasteiger partial charge is 0.253 e. The number of anilines is 1. The zero-order chi connectivity index (χ0) is 16.8. The van der Waals surface area contributed by atoms with Gasteiger partial charge in [-0.25, -0.2) is 4.39 Å². The highest BCUT2D eigenvalue weighted by Crippen LogP contribution is 2.10. The lowest BCUT2D eigenvalue weighted by Crippen LogP contribution is -2.53. The average molecular weight is 323 g/mol. The third-order valence-corrected chi connectivity index (χ3v) is 3.55. The number of carbonyl (C=O) groups is 2. The van der Waals surface area contributed by atoms with E-state index in [1.165, 1.54) is 29.2 Å². The highest BCUT2D eigenvalue weighted by Gasteiger charge is 2.29. The summed E-state index contributed by atoms with van der Waals surface area (Å²) in [4.78, 5) is 26.1. The molecule has 126 valence electrons. The van der Waals surface area contributed by atoms with Crippen LogP contribution < -0.4 is 10.6 Å². The Labute approximate surface area is 135 Å². The van der Waals surface area contributed by atoms with Gasteiger partial charge in [0.1, 0.15) is 18.5 Å². The molecule has 0 aliphatic carbocycles. The molecular formula is C16H22FN3O3. The van der Waals surface area contributed by atoms with Crippen molar-refractivity contribution in [1.82, 2.24) is 10.2 Å². The second kappa shape index (κ2) is 8.03. The SMILES string of the molecule is CC(C)N(CC(=O)Nc1ccc(F)cc1)C(=O)C1CNCCO1. The molecule has 1 aliphatic heterocycles. The molecule has 1 unspecified atom stereocenters. The van der Waals surface area contributed by atoms with Gasteiger partial charge in [0.25, 0.3) is 5.91 Å². The molecule has 2 rings (SSSR count). The Hall–Kier alpha value is -1.99. The third-order valence-electron chi connectivity index (χ3n) is 3.55. The third kappa shape index (κ3) is 5.01. The van der Waals surface area contributed by atoms with Crippen LogP contribution in [0.25, 0.3) is 0 Å². The van der Waals surface area contributed by atoms with Crippen LogP contribution in [0.2, 0.25) is 0 Å². The maximum absolute atomic E-state index is 12.9. The highest BCUT2D eigenvalue weighted by molar-refractivity contribution is 5.95. The quantitative estimate of drug-likeness (QED) is 0.848. The van der Waals surface area contributed by atoms with Crippen LogP contribution in [0.15, 0.2) is 24.3 Å². The zero-order valence-corrected chi connectivity index (χ0v) is 13.3. The van der Waals surface area contributed by atoms with Crippen molar-refractivity contribution in [3.8, 4) is 0 Å². The summed E-state index contributed by atoms with van der Waals surface area (Å²) in [5, 5.41) is 5.76. The number of halogens is 1. The molecule has 23 heavy (non-hydrogen) atoms. The summed E-state index contributed by atoms with van der Waals surface area (Å²) in [6, 6.07) is 5.35. The summed E-state index contributed by atoms with van der Waals surface area (Å²) in [6.45, 7) is 5.26. The Morgan fingerprint density at radius 1 is 1.39 bits per heavy atom. The minimum absolute atomic E-state index is 0.0757. The Morgan fingerprint density at radius 3 is 2.65 bits per heavy atom. The van der Waals surface area contributed by atoms with E-state index in [1.54, 1.807) is 0 Å². The molecule has 0 aromatic heterocycles. The first kappa shape index (κ1) is 17.4.